The van der Waals surface area contributed by atoms with E-state index in [-0.39, 0.29) is 29.4 Å². The van der Waals surface area contributed by atoms with E-state index in [2.05, 4.69) is 0 Å². The van der Waals surface area contributed by atoms with Crippen molar-refractivity contribution in [2.24, 2.45) is 0 Å². The van der Waals surface area contributed by atoms with Gasteiger partial charge < -0.3 is 14.9 Å². The fraction of sp³-hybridized carbons (Fsp3) is 0.0714. The number of hydrogen-bond donors (Lipinski definition) is 2. The third kappa shape index (κ3) is 3.47. The van der Waals surface area contributed by atoms with Gasteiger partial charge in [-0.1, -0.05) is 0 Å². The normalized spacial score (nSPS) is 10.1. The second-order valence-electron chi connectivity index (χ2n) is 4.20. The van der Waals surface area contributed by atoms with E-state index in [4.69, 9.17) is 9.84 Å². The highest BCUT2D eigenvalue weighted by Crippen LogP contribution is 2.24. The van der Waals surface area contributed by atoms with Gasteiger partial charge in [0, 0.05) is 12.1 Å². The highest BCUT2D eigenvalue weighted by Gasteiger charge is 2.11. The molecule has 0 bridgehead atoms. The van der Waals surface area contributed by atoms with Crippen molar-refractivity contribution in [2.45, 2.75) is 6.61 Å². The Labute approximate surface area is 119 Å². The largest absolute Gasteiger partial charge is 0.507 e. The van der Waals surface area contributed by atoms with Crippen molar-refractivity contribution in [1.82, 2.24) is 0 Å². The lowest BCUT2D eigenvalue weighted by molar-refractivity contribution is -0.384. The molecule has 7 nitrogen and oxygen atoms in total. The number of aromatic carboxylic acids is 1. The molecule has 0 aliphatic carbocycles. The van der Waals surface area contributed by atoms with Gasteiger partial charge in [0.05, 0.1) is 4.92 Å². The number of phenols is 1. The standard InChI is InChI=1S/C14H11NO6/c16-13-6-5-11(7-12(13)14(17)18)21-8-9-1-3-10(4-2-9)15(19)20/h1-7,16H,8H2,(H,17,18). The first-order chi connectivity index (χ1) is 9.97. The Balaban J connectivity index is 2.07. The number of nitro benzene ring substituents is 1. The van der Waals surface area contributed by atoms with Gasteiger partial charge in [0.25, 0.3) is 5.69 Å². The summed E-state index contributed by atoms with van der Waals surface area (Å²) in [6, 6.07) is 9.70. The molecule has 7 heteroatoms. The Bertz CT molecular complexity index is 680. The number of non-ortho nitro benzene ring substituents is 1. The fourth-order valence-electron chi connectivity index (χ4n) is 1.66. The molecule has 0 heterocycles. The van der Waals surface area contributed by atoms with Crippen LogP contribution in [-0.4, -0.2) is 21.1 Å². The van der Waals surface area contributed by atoms with Gasteiger partial charge in [0.15, 0.2) is 0 Å². The van der Waals surface area contributed by atoms with E-state index in [0.29, 0.717) is 5.56 Å². The molecular weight excluding hydrogens is 278 g/mol. The van der Waals surface area contributed by atoms with Gasteiger partial charge in [-0.3, -0.25) is 10.1 Å². The molecule has 0 aliphatic heterocycles. The first kappa shape index (κ1) is 14.3. The monoisotopic (exact) mass is 289 g/mol. The number of hydrogen-bond acceptors (Lipinski definition) is 5. The van der Waals surface area contributed by atoms with Crippen molar-refractivity contribution < 1.29 is 24.7 Å². The molecule has 0 atom stereocenters. The number of nitro groups is 1. The molecular formula is C14H11NO6. The molecule has 21 heavy (non-hydrogen) atoms. The molecule has 0 fully saturated rings. The molecule has 0 amide bonds. The molecule has 0 aromatic heterocycles. The lowest BCUT2D eigenvalue weighted by atomic mass is 10.2. The summed E-state index contributed by atoms with van der Waals surface area (Å²) in [5.74, 6) is -1.32. The average molecular weight is 289 g/mol. The van der Waals surface area contributed by atoms with Crippen LogP contribution in [0.1, 0.15) is 15.9 Å². The molecule has 0 saturated carbocycles. The Morgan fingerprint density at radius 2 is 1.86 bits per heavy atom. The van der Waals surface area contributed by atoms with Crippen LogP contribution in [0.3, 0.4) is 0 Å². The Kier molecular flexibility index (Phi) is 4.03. The summed E-state index contributed by atoms with van der Waals surface area (Å²) in [5.41, 5.74) is 0.429. The highest BCUT2D eigenvalue weighted by molar-refractivity contribution is 5.91. The Hall–Kier alpha value is -3.09. The minimum absolute atomic E-state index is 0.0171. The Morgan fingerprint density at radius 1 is 1.19 bits per heavy atom. The van der Waals surface area contributed by atoms with Gasteiger partial charge in [0.1, 0.15) is 23.7 Å². The summed E-state index contributed by atoms with van der Waals surface area (Å²) < 4.78 is 5.39. The first-order valence-corrected chi connectivity index (χ1v) is 5.90. The lowest BCUT2D eigenvalue weighted by Crippen LogP contribution is -2.00. The first-order valence-electron chi connectivity index (χ1n) is 5.90. The zero-order valence-corrected chi connectivity index (χ0v) is 10.7. The fourth-order valence-corrected chi connectivity index (χ4v) is 1.66. The smallest absolute Gasteiger partial charge is 0.339 e. The molecule has 2 aromatic rings. The SMILES string of the molecule is O=C(O)c1cc(OCc2ccc([N+](=O)[O-])cc2)ccc1O. The van der Waals surface area contributed by atoms with Crippen LogP contribution in [0, 0.1) is 10.1 Å². The molecule has 2 N–H and O–H groups in total. The number of nitrogens with zero attached hydrogens (tertiary/aromatic N) is 1. The third-order valence-electron chi connectivity index (χ3n) is 2.75. The molecule has 0 spiro atoms. The van der Waals surface area contributed by atoms with Crippen molar-refractivity contribution in [1.29, 1.82) is 0 Å². The highest BCUT2D eigenvalue weighted by atomic mass is 16.6. The van der Waals surface area contributed by atoms with Crippen molar-refractivity contribution in [2.75, 3.05) is 0 Å². The van der Waals surface area contributed by atoms with E-state index in [9.17, 15) is 20.0 Å². The Morgan fingerprint density at radius 3 is 2.43 bits per heavy atom. The number of ether oxygens (including phenoxy) is 1. The van der Waals surface area contributed by atoms with Crippen LogP contribution < -0.4 is 4.74 Å². The maximum atomic E-state index is 10.9. The van der Waals surface area contributed by atoms with Crippen molar-refractivity contribution >= 4 is 11.7 Å². The maximum absolute atomic E-state index is 10.9. The van der Waals surface area contributed by atoms with E-state index >= 15 is 0 Å². The minimum atomic E-state index is -1.26. The molecule has 0 saturated heterocycles. The van der Waals surface area contributed by atoms with Gasteiger partial charge in [-0.15, -0.1) is 0 Å². The summed E-state index contributed by atoms with van der Waals surface area (Å²) in [5, 5.41) is 28.8. The lowest BCUT2D eigenvalue weighted by Gasteiger charge is -2.08. The van der Waals surface area contributed by atoms with Crippen LogP contribution in [0.4, 0.5) is 5.69 Å². The third-order valence-corrected chi connectivity index (χ3v) is 2.75. The molecule has 108 valence electrons. The maximum Gasteiger partial charge on any atom is 0.339 e. The van der Waals surface area contributed by atoms with Gasteiger partial charge in [-0.05, 0) is 35.9 Å². The van der Waals surface area contributed by atoms with Crippen LogP contribution >= 0.6 is 0 Å². The van der Waals surface area contributed by atoms with Crippen molar-refractivity contribution in [3.05, 3.63) is 63.7 Å². The van der Waals surface area contributed by atoms with Crippen molar-refractivity contribution in [3.8, 4) is 11.5 Å². The van der Waals surface area contributed by atoms with E-state index in [1.54, 1.807) is 12.1 Å². The van der Waals surface area contributed by atoms with Crippen LogP contribution in [0.5, 0.6) is 11.5 Å². The van der Waals surface area contributed by atoms with Crippen LogP contribution in [0.25, 0.3) is 0 Å². The topological polar surface area (TPSA) is 110 Å². The predicted octanol–water partition coefficient (Wildman–Crippen LogP) is 2.58. The van der Waals surface area contributed by atoms with Crippen molar-refractivity contribution in [3.63, 3.8) is 0 Å². The van der Waals surface area contributed by atoms with Gasteiger partial charge in [-0.25, -0.2) is 4.79 Å². The number of carbonyl (C=O) groups is 1. The number of carboxylic acids is 1. The number of benzene rings is 2. The molecule has 2 rings (SSSR count). The number of carboxylic acid groups (broad SMARTS) is 1. The summed E-state index contributed by atoms with van der Waals surface area (Å²) in [4.78, 5) is 20.9. The van der Waals surface area contributed by atoms with Crippen LogP contribution in [0.15, 0.2) is 42.5 Å². The van der Waals surface area contributed by atoms with Crippen LogP contribution in [0.2, 0.25) is 0 Å². The summed E-state index contributed by atoms with van der Waals surface area (Å²) in [6.45, 7) is 0.127. The molecule has 0 aliphatic rings. The summed E-state index contributed by atoms with van der Waals surface area (Å²) in [7, 11) is 0. The molecule has 2 aromatic carbocycles. The zero-order valence-electron chi connectivity index (χ0n) is 10.7. The van der Waals surface area contributed by atoms with Gasteiger partial charge in [0.2, 0.25) is 0 Å². The number of rotatable bonds is 5. The van der Waals surface area contributed by atoms with E-state index in [0.717, 1.165) is 0 Å². The average Bonchev–Trinajstić information content (AvgIpc) is 2.46. The van der Waals surface area contributed by atoms with E-state index in [1.165, 1.54) is 30.3 Å². The van der Waals surface area contributed by atoms with E-state index in [1.807, 2.05) is 0 Å². The number of aromatic hydroxyl groups is 1. The summed E-state index contributed by atoms with van der Waals surface area (Å²) in [6.07, 6.45) is 0. The second-order valence-corrected chi connectivity index (χ2v) is 4.20. The zero-order chi connectivity index (χ0) is 15.4. The second kappa shape index (κ2) is 5.91. The predicted molar refractivity (Wildman–Crippen MR) is 72.5 cm³/mol. The summed E-state index contributed by atoms with van der Waals surface area (Å²) >= 11 is 0. The molecule has 0 unspecified atom stereocenters. The van der Waals surface area contributed by atoms with Gasteiger partial charge >= 0.3 is 5.97 Å². The van der Waals surface area contributed by atoms with E-state index < -0.39 is 10.9 Å². The van der Waals surface area contributed by atoms with Gasteiger partial charge in [-0.2, -0.15) is 0 Å². The quantitative estimate of drug-likeness (QED) is 0.646. The van der Waals surface area contributed by atoms with Crippen LogP contribution in [-0.2, 0) is 6.61 Å². The minimum Gasteiger partial charge on any atom is -0.507 e. The molecule has 0 radical (unpaired) electrons.